The molecule has 0 bridgehead atoms. The minimum atomic E-state index is -4.56. The summed E-state index contributed by atoms with van der Waals surface area (Å²) in [7, 11) is 1.27. The summed E-state index contributed by atoms with van der Waals surface area (Å²) < 4.78 is 38.2. The van der Waals surface area contributed by atoms with Gasteiger partial charge in [0.05, 0.1) is 6.42 Å². The molecule has 0 radical (unpaired) electrons. The first-order valence-corrected chi connectivity index (χ1v) is 5.69. The summed E-state index contributed by atoms with van der Waals surface area (Å²) in [4.78, 5) is 15.5. The minimum Gasteiger partial charge on any atom is -0.481 e. The van der Waals surface area contributed by atoms with Gasteiger partial charge in [0, 0.05) is 24.9 Å². The Morgan fingerprint density at radius 1 is 1.47 bits per heavy atom. The Balaban J connectivity index is 2.62. The minimum absolute atomic E-state index is 0.0917. The van der Waals surface area contributed by atoms with Crippen LogP contribution in [0.4, 0.5) is 13.2 Å². The Kier molecular flexibility index (Phi) is 5.29. The van der Waals surface area contributed by atoms with Crippen LogP contribution in [0.15, 0.2) is 24.4 Å². The van der Waals surface area contributed by atoms with Crippen molar-refractivity contribution in [3.05, 3.63) is 30.1 Å². The van der Waals surface area contributed by atoms with E-state index >= 15 is 0 Å². The van der Waals surface area contributed by atoms with Gasteiger partial charge in [0.2, 0.25) is 0 Å². The maximum atomic E-state index is 12.7. The maximum Gasteiger partial charge on any atom is 0.404 e. The van der Waals surface area contributed by atoms with Gasteiger partial charge in [-0.2, -0.15) is 13.2 Å². The zero-order valence-electron chi connectivity index (χ0n) is 10.4. The molecule has 0 aliphatic carbocycles. The quantitative estimate of drug-likeness (QED) is 0.863. The number of rotatable bonds is 6. The van der Waals surface area contributed by atoms with E-state index in [-0.39, 0.29) is 6.54 Å². The predicted octanol–water partition coefficient (Wildman–Crippen LogP) is 1.96. The van der Waals surface area contributed by atoms with Crippen molar-refractivity contribution in [1.82, 2.24) is 9.88 Å². The fourth-order valence-electron chi connectivity index (χ4n) is 1.68. The highest BCUT2D eigenvalue weighted by Crippen LogP contribution is 2.26. The molecule has 0 aliphatic heterocycles. The molecule has 1 aromatic rings. The second-order valence-corrected chi connectivity index (χ2v) is 4.21. The van der Waals surface area contributed by atoms with E-state index in [0.29, 0.717) is 12.1 Å². The Hall–Kier alpha value is -1.63. The second kappa shape index (κ2) is 6.51. The van der Waals surface area contributed by atoms with E-state index in [9.17, 15) is 18.0 Å². The number of carboxylic acids is 1. The van der Waals surface area contributed by atoms with Crippen molar-refractivity contribution in [1.29, 1.82) is 0 Å². The van der Waals surface area contributed by atoms with Crippen molar-refractivity contribution in [2.45, 2.75) is 25.1 Å². The Morgan fingerprint density at radius 3 is 2.63 bits per heavy atom. The number of halogens is 3. The molecule has 0 amide bonds. The molecule has 0 saturated carbocycles. The third-order valence-electron chi connectivity index (χ3n) is 2.72. The van der Waals surface area contributed by atoms with Gasteiger partial charge in [0.1, 0.15) is 6.04 Å². The Bertz CT molecular complexity index is 409. The number of aromatic nitrogens is 1. The first kappa shape index (κ1) is 15.4. The second-order valence-electron chi connectivity index (χ2n) is 4.21. The van der Waals surface area contributed by atoms with E-state index in [0.717, 1.165) is 4.90 Å². The van der Waals surface area contributed by atoms with Crippen molar-refractivity contribution in [2.24, 2.45) is 0 Å². The third kappa shape index (κ3) is 5.25. The molecule has 0 fully saturated rings. The molecule has 0 aromatic carbocycles. The molecule has 1 aromatic heterocycles. The van der Waals surface area contributed by atoms with Gasteiger partial charge in [-0.25, -0.2) is 0 Å². The zero-order chi connectivity index (χ0) is 14.5. The molecule has 1 unspecified atom stereocenters. The van der Waals surface area contributed by atoms with Gasteiger partial charge in [-0.1, -0.05) is 6.07 Å². The van der Waals surface area contributed by atoms with Crippen LogP contribution in [0.1, 0.15) is 12.1 Å². The lowest BCUT2D eigenvalue weighted by Crippen LogP contribution is -2.45. The number of nitrogens with zero attached hydrogens (tertiary/aromatic N) is 2. The number of hydrogen-bond donors (Lipinski definition) is 1. The molecule has 7 heteroatoms. The molecule has 0 spiro atoms. The molecule has 1 atom stereocenters. The lowest BCUT2D eigenvalue weighted by atomic mass is 10.1. The third-order valence-corrected chi connectivity index (χ3v) is 2.72. The van der Waals surface area contributed by atoms with Gasteiger partial charge < -0.3 is 5.11 Å². The van der Waals surface area contributed by atoms with Crippen molar-refractivity contribution in [3.63, 3.8) is 0 Å². The van der Waals surface area contributed by atoms with Gasteiger partial charge in [-0.15, -0.1) is 0 Å². The van der Waals surface area contributed by atoms with Gasteiger partial charge in [0.15, 0.2) is 0 Å². The van der Waals surface area contributed by atoms with Gasteiger partial charge in [-0.3, -0.25) is 14.7 Å². The van der Waals surface area contributed by atoms with E-state index in [1.807, 2.05) is 0 Å². The summed E-state index contributed by atoms with van der Waals surface area (Å²) in [6.45, 7) is 0.0917. The summed E-state index contributed by atoms with van der Waals surface area (Å²) in [5.41, 5.74) is 0.672. The molecular formula is C12H15F3N2O2. The first-order valence-electron chi connectivity index (χ1n) is 5.69. The van der Waals surface area contributed by atoms with Gasteiger partial charge in [-0.05, 0) is 19.2 Å². The SMILES string of the molecule is CN(CCc1ccccn1)C(CC(=O)O)C(F)(F)F. The molecule has 19 heavy (non-hydrogen) atoms. The van der Waals surface area contributed by atoms with Gasteiger partial charge in [0.25, 0.3) is 0 Å². The molecule has 1 N–H and O–H groups in total. The molecule has 4 nitrogen and oxygen atoms in total. The summed E-state index contributed by atoms with van der Waals surface area (Å²) >= 11 is 0. The number of hydrogen-bond acceptors (Lipinski definition) is 3. The van der Waals surface area contributed by atoms with E-state index in [2.05, 4.69) is 4.98 Å². The average molecular weight is 276 g/mol. The van der Waals surface area contributed by atoms with Crippen LogP contribution in [0.5, 0.6) is 0 Å². The molecule has 0 saturated heterocycles. The highest BCUT2D eigenvalue weighted by atomic mass is 19.4. The first-order chi connectivity index (χ1) is 8.80. The summed E-state index contributed by atoms with van der Waals surface area (Å²) in [5.74, 6) is -1.47. The normalized spacial score (nSPS) is 13.5. The van der Waals surface area contributed by atoms with Crippen LogP contribution in [0.2, 0.25) is 0 Å². The number of alkyl halides is 3. The van der Waals surface area contributed by atoms with E-state index < -0.39 is 24.6 Å². The highest BCUT2D eigenvalue weighted by Gasteiger charge is 2.43. The van der Waals surface area contributed by atoms with Crippen molar-refractivity contribution < 1.29 is 23.1 Å². The summed E-state index contributed by atoms with van der Waals surface area (Å²) in [6, 6.07) is 3.21. The van der Waals surface area contributed by atoms with Crippen LogP contribution < -0.4 is 0 Å². The van der Waals surface area contributed by atoms with E-state index in [1.165, 1.54) is 7.05 Å². The number of aliphatic carboxylic acids is 1. The van der Waals surface area contributed by atoms with E-state index in [1.54, 1.807) is 24.4 Å². The zero-order valence-corrected chi connectivity index (χ0v) is 10.4. The van der Waals surface area contributed by atoms with Crippen LogP contribution in [0.3, 0.4) is 0 Å². The topological polar surface area (TPSA) is 53.4 Å². The molecule has 106 valence electrons. The lowest BCUT2D eigenvalue weighted by Gasteiger charge is -2.28. The lowest BCUT2D eigenvalue weighted by molar-refractivity contribution is -0.187. The van der Waals surface area contributed by atoms with Crippen LogP contribution in [0, 0.1) is 0 Å². The van der Waals surface area contributed by atoms with Crippen molar-refractivity contribution in [2.75, 3.05) is 13.6 Å². The maximum absolute atomic E-state index is 12.7. The highest BCUT2D eigenvalue weighted by molar-refractivity contribution is 5.67. The van der Waals surface area contributed by atoms with Crippen molar-refractivity contribution in [3.8, 4) is 0 Å². The average Bonchev–Trinajstić information content (AvgIpc) is 2.33. The molecule has 0 aliphatic rings. The number of carboxylic acid groups (broad SMARTS) is 1. The monoisotopic (exact) mass is 276 g/mol. The van der Waals surface area contributed by atoms with Gasteiger partial charge >= 0.3 is 12.1 Å². The fraction of sp³-hybridized carbons (Fsp3) is 0.500. The smallest absolute Gasteiger partial charge is 0.404 e. The Morgan fingerprint density at radius 2 is 2.16 bits per heavy atom. The Labute approximate surface area is 108 Å². The number of pyridine rings is 1. The van der Waals surface area contributed by atoms with Crippen LogP contribution in [0.25, 0.3) is 0 Å². The molecule has 1 heterocycles. The fourth-order valence-corrected chi connectivity index (χ4v) is 1.68. The summed E-state index contributed by atoms with van der Waals surface area (Å²) in [6.07, 6.45) is -3.61. The number of carbonyl (C=O) groups is 1. The molecule has 1 rings (SSSR count). The van der Waals surface area contributed by atoms with Crippen LogP contribution in [-0.4, -0.2) is 46.8 Å². The number of likely N-dealkylation sites (N-methyl/N-ethyl adjacent to an activating group) is 1. The standard InChI is InChI=1S/C12H15F3N2O2/c1-17(7-5-9-4-2-3-6-16-9)10(8-11(18)19)12(13,14)15/h2-4,6,10H,5,7-8H2,1H3,(H,18,19). The van der Waals surface area contributed by atoms with Crippen LogP contribution >= 0.6 is 0 Å². The predicted molar refractivity (Wildman–Crippen MR) is 62.7 cm³/mol. The molecular weight excluding hydrogens is 261 g/mol. The van der Waals surface area contributed by atoms with Crippen molar-refractivity contribution >= 4 is 5.97 Å². The summed E-state index contributed by atoms with van der Waals surface area (Å²) in [5, 5.41) is 8.54. The van der Waals surface area contributed by atoms with E-state index in [4.69, 9.17) is 5.11 Å². The van der Waals surface area contributed by atoms with Crippen LogP contribution in [-0.2, 0) is 11.2 Å². The largest absolute Gasteiger partial charge is 0.481 e.